The standard InChI is InChI=1S/C12H10ClNO/c1-12(2)6-8(7-14)10-5-9(13)3-4-11(10)15-12/h3-6H,1-2H3. The van der Waals surface area contributed by atoms with Gasteiger partial charge in [0.15, 0.2) is 0 Å². The maximum atomic E-state index is 9.04. The Morgan fingerprint density at radius 3 is 2.80 bits per heavy atom. The highest BCUT2D eigenvalue weighted by atomic mass is 35.5. The summed E-state index contributed by atoms with van der Waals surface area (Å²) in [6.45, 7) is 3.84. The molecule has 0 unspecified atom stereocenters. The minimum atomic E-state index is -0.439. The van der Waals surface area contributed by atoms with Gasteiger partial charge in [-0.15, -0.1) is 0 Å². The molecule has 0 atom stereocenters. The maximum Gasteiger partial charge on any atom is 0.129 e. The summed E-state index contributed by atoms with van der Waals surface area (Å²) in [5.74, 6) is 0.712. The zero-order valence-electron chi connectivity index (χ0n) is 8.54. The van der Waals surface area contributed by atoms with Gasteiger partial charge < -0.3 is 4.74 Å². The molecule has 1 aromatic carbocycles. The molecule has 0 amide bonds. The first-order valence-electron chi connectivity index (χ1n) is 4.64. The molecule has 1 heterocycles. The van der Waals surface area contributed by atoms with E-state index in [0.29, 0.717) is 16.3 Å². The Morgan fingerprint density at radius 2 is 2.13 bits per heavy atom. The normalized spacial score (nSPS) is 17.1. The van der Waals surface area contributed by atoms with Crippen LogP contribution >= 0.6 is 11.6 Å². The van der Waals surface area contributed by atoms with Crippen LogP contribution in [0.2, 0.25) is 5.02 Å². The molecule has 0 saturated carbocycles. The molecule has 0 bridgehead atoms. The van der Waals surface area contributed by atoms with Crippen LogP contribution in [0.4, 0.5) is 0 Å². The van der Waals surface area contributed by atoms with E-state index in [9.17, 15) is 0 Å². The number of halogens is 1. The molecule has 0 fully saturated rings. The summed E-state index contributed by atoms with van der Waals surface area (Å²) in [6.07, 6.45) is 1.81. The third-order valence-electron chi connectivity index (χ3n) is 2.22. The smallest absolute Gasteiger partial charge is 0.129 e. The SMILES string of the molecule is CC1(C)C=C(C#N)c2cc(Cl)ccc2O1. The van der Waals surface area contributed by atoms with Crippen molar-refractivity contribution < 1.29 is 4.74 Å². The molecule has 3 heteroatoms. The van der Waals surface area contributed by atoms with Gasteiger partial charge in [0, 0.05) is 10.6 Å². The molecule has 2 rings (SSSR count). The fraction of sp³-hybridized carbons (Fsp3) is 0.250. The van der Waals surface area contributed by atoms with Crippen LogP contribution in [-0.2, 0) is 0 Å². The van der Waals surface area contributed by atoms with Crippen molar-refractivity contribution in [3.8, 4) is 11.8 Å². The molecule has 0 aromatic heterocycles. The van der Waals surface area contributed by atoms with Gasteiger partial charge in [0.05, 0.1) is 11.6 Å². The van der Waals surface area contributed by atoms with E-state index in [1.165, 1.54) is 0 Å². The first kappa shape index (κ1) is 10.1. The third kappa shape index (κ3) is 1.84. The van der Waals surface area contributed by atoms with E-state index in [4.69, 9.17) is 21.6 Å². The zero-order chi connectivity index (χ0) is 11.1. The largest absolute Gasteiger partial charge is 0.483 e. The first-order chi connectivity index (χ1) is 7.02. The van der Waals surface area contributed by atoms with Crippen molar-refractivity contribution >= 4 is 17.2 Å². The van der Waals surface area contributed by atoms with E-state index in [1.807, 2.05) is 19.9 Å². The van der Waals surface area contributed by atoms with Gasteiger partial charge in [-0.25, -0.2) is 0 Å². The molecule has 1 aliphatic rings. The molecule has 76 valence electrons. The van der Waals surface area contributed by atoms with Crippen LogP contribution in [0.1, 0.15) is 19.4 Å². The second-order valence-electron chi connectivity index (χ2n) is 4.02. The predicted octanol–water partition coefficient (Wildman–Crippen LogP) is 3.42. The number of hydrogen-bond donors (Lipinski definition) is 0. The topological polar surface area (TPSA) is 33.0 Å². The van der Waals surface area contributed by atoms with Crippen molar-refractivity contribution in [1.29, 1.82) is 5.26 Å². The lowest BCUT2D eigenvalue weighted by Crippen LogP contribution is -2.28. The number of ether oxygens (including phenoxy) is 1. The van der Waals surface area contributed by atoms with Gasteiger partial charge in [0.1, 0.15) is 11.4 Å². The quantitative estimate of drug-likeness (QED) is 0.670. The predicted molar refractivity (Wildman–Crippen MR) is 59.7 cm³/mol. The fourth-order valence-corrected chi connectivity index (χ4v) is 1.80. The van der Waals surface area contributed by atoms with Crippen molar-refractivity contribution in [3.63, 3.8) is 0 Å². The fourth-order valence-electron chi connectivity index (χ4n) is 1.63. The van der Waals surface area contributed by atoms with E-state index < -0.39 is 5.60 Å². The van der Waals surface area contributed by atoms with Crippen LogP contribution in [0.3, 0.4) is 0 Å². The number of nitrogens with zero attached hydrogens (tertiary/aromatic N) is 1. The molecule has 1 aliphatic heterocycles. The molecule has 0 spiro atoms. The van der Waals surface area contributed by atoms with Crippen molar-refractivity contribution in [2.24, 2.45) is 0 Å². The summed E-state index contributed by atoms with van der Waals surface area (Å²) in [6, 6.07) is 7.47. The van der Waals surface area contributed by atoms with Crippen LogP contribution in [0.5, 0.6) is 5.75 Å². The summed E-state index contributed by atoms with van der Waals surface area (Å²) in [4.78, 5) is 0. The van der Waals surface area contributed by atoms with Gasteiger partial charge in [-0.1, -0.05) is 11.6 Å². The van der Waals surface area contributed by atoms with Crippen LogP contribution in [0.15, 0.2) is 24.3 Å². The van der Waals surface area contributed by atoms with Gasteiger partial charge in [-0.3, -0.25) is 0 Å². The van der Waals surface area contributed by atoms with Crippen molar-refractivity contribution in [2.45, 2.75) is 19.4 Å². The summed E-state index contributed by atoms with van der Waals surface area (Å²) in [5.41, 5.74) is 0.944. The summed E-state index contributed by atoms with van der Waals surface area (Å²) in [5, 5.41) is 9.65. The Bertz CT molecular complexity index is 483. The highest BCUT2D eigenvalue weighted by molar-refractivity contribution is 6.30. The van der Waals surface area contributed by atoms with E-state index in [0.717, 1.165) is 5.56 Å². The molecule has 15 heavy (non-hydrogen) atoms. The summed E-state index contributed by atoms with van der Waals surface area (Å²) < 4.78 is 5.72. The Hall–Kier alpha value is -1.46. The van der Waals surface area contributed by atoms with E-state index >= 15 is 0 Å². The average Bonchev–Trinajstić information content (AvgIpc) is 2.16. The highest BCUT2D eigenvalue weighted by Crippen LogP contribution is 2.36. The molecule has 0 N–H and O–H groups in total. The summed E-state index contributed by atoms with van der Waals surface area (Å²) >= 11 is 5.88. The van der Waals surface area contributed by atoms with Gasteiger partial charge in [0.2, 0.25) is 0 Å². The molecule has 0 saturated heterocycles. The van der Waals surface area contributed by atoms with Crippen LogP contribution in [-0.4, -0.2) is 5.60 Å². The molecule has 2 nitrogen and oxygen atoms in total. The molecular formula is C12H10ClNO. The lowest BCUT2D eigenvalue weighted by atomic mass is 9.96. The van der Waals surface area contributed by atoms with Gasteiger partial charge in [-0.2, -0.15) is 5.26 Å². The minimum Gasteiger partial charge on any atom is -0.483 e. The minimum absolute atomic E-state index is 0.439. The van der Waals surface area contributed by atoms with Crippen LogP contribution in [0.25, 0.3) is 5.57 Å². The van der Waals surface area contributed by atoms with Crippen LogP contribution in [0, 0.1) is 11.3 Å². The highest BCUT2D eigenvalue weighted by Gasteiger charge is 2.26. The molecule has 1 aromatic rings. The van der Waals surface area contributed by atoms with Crippen LogP contribution < -0.4 is 4.74 Å². The average molecular weight is 220 g/mol. The number of benzene rings is 1. The molecule has 0 radical (unpaired) electrons. The molecule has 0 aliphatic carbocycles. The second-order valence-corrected chi connectivity index (χ2v) is 4.45. The van der Waals surface area contributed by atoms with Gasteiger partial charge >= 0.3 is 0 Å². The number of fused-ring (bicyclic) bond motifs is 1. The van der Waals surface area contributed by atoms with Gasteiger partial charge in [0.25, 0.3) is 0 Å². The lowest BCUT2D eigenvalue weighted by Gasteiger charge is -2.29. The first-order valence-corrected chi connectivity index (χ1v) is 5.01. The number of allylic oxidation sites excluding steroid dienone is 1. The van der Waals surface area contributed by atoms with E-state index in [-0.39, 0.29) is 0 Å². The van der Waals surface area contributed by atoms with Crippen molar-refractivity contribution in [1.82, 2.24) is 0 Å². The monoisotopic (exact) mass is 219 g/mol. The van der Waals surface area contributed by atoms with E-state index in [1.54, 1.807) is 18.2 Å². The number of nitriles is 1. The van der Waals surface area contributed by atoms with Gasteiger partial charge in [-0.05, 0) is 38.1 Å². The zero-order valence-corrected chi connectivity index (χ0v) is 9.30. The Morgan fingerprint density at radius 1 is 1.40 bits per heavy atom. The maximum absolute atomic E-state index is 9.04. The Balaban J connectivity index is 2.62. The lowest BCUT2D eigenvalue weighted by molar-refractivity contribution is 0.158. The second kappa shape index (κ2) is 3.29. The summed E-state index contributed by atoms with van der Waals surface area (Å²) in [7, 11) is 0. The Kier molecular flexibility index (Phi) is 2.21. The number of rotatable bonds is 0. The van der Waals surface area contributed by atoms with Crippen molar-refractivity contribution in [2.75, 3.05) is 0 Å². The van der Waals surface area contributed by atoms with E-state index in [2.05, 4.69) is 6.07 Å². The molecular weight excluding hydrogens is 210 g/mol. The Labute approximate surface area is 93.7 Å². The van der Waals surface area contributed by atoms with Crippen molar-refractivity contribution in [3.05, 3.63) is 34.9 Å². The number of hydrogen-bond acceptors (Lipinski definition) is 2. The third-order valence-corrected chi connectivity index (χ3v) is 2.45.